The van der Waals surface area contributed by atoms with E-state index < -0.39 is 0 Å². The lowest BCUT2D eigenvalue weighted by molar-refractivity contribution is 0.115. The van der Waals surface area contributed by atoms with E-state index in [2.05, 4.69) is 15.1 Å². The molecule has 0 bridgehead atoms. The first-order chi connectivity index (χ1) is 9.35. The van der Waals surface area contributed by atoms with E-state index in [1.165, 1.54) is 64.8 Å². The molecule has 0 radical (unpaired) electrons. The summed E-state index contributed by atoms with van der Waals surface area (Å²) in [7, 11) is 1.83. The summed E-state index contributed by atoms with van der Waals surface area (Å²) >= 11 is 0. The second kappa shape index (κ2) is 6.53. The number of nitrogens with one attached hydrogen (secondary N) is 1. The van der Waals surface area contributed by atoms with Gasteiger partial charge >= 0.3 is 0 Å². The molecule has 3 atom stereocenters. The van der Waals surface area contributed by atoms with Crippen molar-refractivity contribution in [2.24, 2.45) is 0 Å². The van der Waals surface area contributed by atoms with Crippen molar-refractivity contribution < 1.29 is 4.74 Å². The van der Waals surface area contributed by atoms with Crippen molar-refractivity contribution >= 4 is 0 Å². The maximum absolute atomic E-state index is 5.43. The highest BCUT2D eigenvalue weighted by atomic mass is 16.5. The van der Waals surface area contributed by atoms with Crippen LogP contribution in [0.2, 0.25) is 0 Å². The Morgan fingerprint density at radius 3 is 2.74 bits per heavy atom. The predicted molar refractivity (Wildman–Crippen MR) is 77.5 cm³/mol. The predicted octanol–water partition coefficient (Wildman–Crippen LogP) is 0.924. The van der Waals surface area contributed by atoms with E-state index in [0.717, 1.165) is 12.6 Å². The Bertz CT molecular complexity index is 281. The molecular formula is C15H29N3O. The lowest BCUT2D eigenvalue weighted by Crippen LogP contribution is -2.42. The molecule has 3 saturated heterocycles. The Kier molecular flexibility index (Phi) is 4.74. The van der Waals surface area contributed by atoms with Gasteiger partial charge in [-0.05, 0) is 45.3 Å². The van der Waals surface area contributed by atoms with Gasteiger partial charge in [0.15, 0.2) is 0 Å². The summed E-state index contributed by atoms with van der Waals surface area (Å²) in [6.45, 7) is 7.50. The lowest BCUT2D eigenvalue weighted by Gasteiger charge is -2.32. The molecule has 0 aromatic rings. The zero-order chi connectivity index (χ0) is 13.1. The summed E-state index contributed by atoms with van der Waals surface area (Å²) in [6.07, 6.45) is 7.26. The smallest absolute Gasteiger partial charge is 0.0711 e. The number of likely N-dealkylation sites (tertiary alicyclic amines) is 2. The summed E-state index contributed by atoms with van der Waals surface area (Å²) in [4.78, 5) is 5.40. The summed E-state index contributed by atoms with van der Waals surface area (Å²) in [5, 5.41) is 3.60. The first-order valence-electron chi connectivity index (χ1n) is 8.08. The van der Waals surface area contributed by atoms with E-state index in [1.54, 1.807) is 0 Å². The van der Waals surface area contributed by atoms with Crippen molar-refractivity contribution in [3.63, 3.8) is 0 Å². The molecule has 1 N–H and O–H groups in total. The highest BCUT2D eigenvalue weighted by Crippen LogP contribution is 2.21. The quantitative estimate of drug-likeness (QED) is 0.820. The van der Waals surface area contributed by atoms with Crippen molar-refractivity contribution in [2.45, 2.75) is 50.3 Å². The van der Waals surface area contributed by atoms with Crippen LogP contribution >= 0.6 is 0 Å². The third-order valence-electron chi connectivity index (χ3n) is 5.15. The maximum Gasteiger partial charge on any atom is 0.0711 e. The van der Waals surface area contributed by atoms with Crippen LogP contribution in [0.3, 0.4) is 0 Å². The largest absolute Gasteiger partial charge is 0.380 e. The number of hydrogen-bond donors (Lipinski definition) is 1. The van der Waals surface area contributed by atoms with Crippen LogP contribution in [0.25, 0.3) is 0 Å². The fourth-order valence-corrected chi connectivity index (χ4v) is 3.97. The van der Waals surface area contributed by atoms with Crippen molar-refractivity contribution in [3.05, 3.63) is 0 Å². The van der Waals surface area contributed by atoms with Crippen LogP contribution in [-0.4, -0.2) is 74.4 Å². The van der Waals surface area contributed by atoms with Crippen LogP contribution < -0.4 is 5.32 Å². The van der Waals surface area contributed by atoms with Gasteiger partial charge in [-0.3, -0.25) is 4.90 Å². The molecule has 4 heteroatoms. The molecule has 3 unspecified atom stereocenters. The molecule has 4 nitrogen and oxygen atoms in total. The van der Waals surface area contributed by atoms with E-state index in [9.17, 15) is 0 Å². The lowest BCUT2D eigenvalue weighted by atomic mass is 10.1. The normalized spacial score (nSPS) is 38.1. The summed E-state index contributed by atoms with van der Waals surface area (Å²) in [5.74, 6) is 0. The average molecular weight is 267 g/mol. The molecule has 3 heterocycles. The number of methoxy groups -OCH3 is 1. The van der Waals surface area contributed by atoms with Gasteiger partial charge in [0.2, 0.25) is 0 Å². The van der Waals surface area contributed by atoms with Gasteiger partial charge in [0.05, 0.1) is 6.10 Å². The zero-order valence-corrected chi connectivity index (χ0v) is 12.3. The molecule has 3 aliphatic heterocycles. The van der Waals surface area contributed by atoms with Crippen molar-refractivity contribution in [1.29, 1.82) is 0 Å². The van der Waals surface area contributed by atoms with Crippen molar-refractivity contribution in [3.8, 4) is 0 Å². The van der Waals surface area contributed by atoms with E-state index in [1.807, 2.05) is 7.11 Å². The van der Waals surface area contributed by atoms with Crippen LogP contribution in [0.4, 0.5) is 0 Å². The van der Waals surface area contributed by atoms with E-state index in [4.69, 9.17) is 4.74 Å². The Morgan fingerprint density at radius 1 is 1.16 bits per heavy atom. The number of rotatable bonds is 4. The first-order valence-corrected chi connectivity index (χ1v) is 8.08. The first kappa shape index (κ1) is 13.8. The minimum atomic E-state index is 0.436. The van der Waals surface area contributed by atoms with Gasteiger partial charge in [0.1, 0.15) is 0 Å². The number of ether oxygens (including phenoxy) is 1. The SMILES string of the molecule is COC1CNC(CN2CCC(N3CCCCC3)C2)C1. The molecule has 0 aromatic heterocycles. The molecule has 0 spiro atoms. The molecular weight excluding hydrogens is 238 g/mol. The minimum absolute atomic E-state index is 0.436. The number of nitrogens with zero attached hydrogens (tertiary/aromatic N) is 2. The van der Waals surface area contributed by atoms with Gasteiger partial charge in [0, 0.05) is 38.8 Å². The van der Waals surface area contributed by atoms with Gasteiger partial charge < -0.3 is 15.0 Å². The Balaban J connectivity index is 1.41. The number of hydrogen-bond acceptors (Lipinski definition) is 4. The maximum atomic E-state index is 5.43. The van der Waals surface area contributed by atoms with E-state index in [0.29, 0.717) is 12.1 Å². The number of piperidine rings is 1. The summed E-state index contributed by atoms with van der Waals surface area (Å²) < 4.78 is 5.43. The Hall–Kier alpha value is -0.160. The van der Waals surface area contributed by atoms with Crippen LogP contribution in [-0.2, 0) is 4.74 Å². The zero-order valence-electron chi connectivity index (χ0n) is 12.3. The topological polar surface area (TPSA) is 27.7 Å². The standard InChI is InChI=1S/C15H29N3O/c1-19-15-9-13(16-10-15)11-17-8-5-14(12-17)18-6-3-2-4-7-18/h13-16H,2-12H2,1H3. The molecule has 0 amide bonds. The highest BCUT2D eigenvalue weighted by Gasteiger charge is 2.31. The minimum Gasteiger partial charge on any atom is -0.380 e. The fraction of sp³-hybridized carbons (Fsp3) is 1.00. The third kappa shape index (κ3) is 3.48. The molecule has 3 rings (SSSR count). The second-order valence-electron chi connectivity index (χ2n) is 6.50. The van der Waals surface area contributed by atoms with E-state index >= 15 is 0 Å². The molecule has 110 valence electrons. The van der Waals surface area contributed by atoms with Gasteiger partial charge in [-0.1, -0.05) is 6.42 Å². The van der Waals surface area contributed by atoms with Gasteiger partial charge in [0.25, 0.3) is 0 Å². The molecule has 3 fully saturated rings. The Labute approximate surface area is 117 Å². The fourth-order valence-electron chi connectivity index (χ4n) is 3.97. The third-order valence-corrected chi connectivity index (χ3v) is 5.15. The van der Waals surface area contributed by atoms with Crippen molar-refractivity contribution in [2.75, 3.05) is 46.4 Å². The van der Waals surface area contributed by atoms with E-state index in [-0.39, 0.29) is 0 Å². The highest BCUT2D eigenvalue weighted by molar-refractivity contribution is 4.90. The van der Waals surface area contributed by atoms with Crippen LogP contribution in [0, 0.1) is 0 Å². The second-order valence-corrected chi connectivity index (χ2v) is 6.50. The summed E-state index contributed by atoms with van der Waals surface area (Å²) in [5.41, 5.74) is 0. The van der Waals surface area contributed by atoms with Gasteiger partial charge in [-0.2, -0.15) is 0 Å². The van der Waals surface area contributed by atoms with Crippen molar-refractivity contribution in [1.82, 2.24) is 15.1 Å². The average Bonchev–Trinajstić information content (AvgIpc) is 3.09. The molecule has 0 aliphatic carbocycles. The van der Waals surface area contributed by atoms with Crippen LogP contribution in [0.5, 0.6) is 0 Å². The monoisotopic (exact) mass is 267 g/mol. The molecule has 0 saturated carbocycles. The van der Waals surface area contributed by atoms with Crippen LogP contribution in [0.1, 0.15) is 32.1 Å². The van der Waals surface area contributed by atoms with Gasteiger partial charge in [-0.25, -0.2) is 0 Å². The Morgan fingerprint density at radius 2 is 2.00 bits per heavy atom. The summed E-state index contributed by atoms with van der Waals surface area (Å²) in [6, 6.07) is 1.48. The molecule has 3 aliphatic rings. The van der Waals surface area contributed by atoms with Crippen LogP contribution in [0.15, 0.2) is 0 Å². The molecule has 19 heavy (non-hydrogen) atoms. The van der Waals surface area contributed by atoms with Gasteiger partial charge in [-0.15, -0.1) is 0 Å². The molecule has 0 aromatic carbocycles.